The summed E-state index contributed by atoms with van der Waals surface area (Å²) in [5.41, 5.74) is 0. The third-order valence-corrected chi connectivity index (χ3v) is 4.85. The van der Waals surface area contributed by atoms with E-state index in [0.717, 1.165) is 0 Å². The highest BCUT2D eigenvalue weighted by atomic mass is 32.2. The van der Waals surface area contributed by atoms with Gasteiger partial charge in [-0.25, -0.2) is 0 Å². The number of hydrogen-bond acceptors (Lipinski definition) is 8. The molecule has 22 heavy (non-hydrogen) atoms. The Bertz CT molecular complexity index is 455. The van der Waals surface area contributed by atoms with Crippen molar-refractivity contribution in [2.75, 3.05) is 12.9 Å². The summed E-state index contributed by atoms with van der Waals surface area (Å²) in [5, 5.41) is 0. The number of thioether (sulfide) groups is 1. The van der Waals surface area contributed by atoms with Crippen LogP contribution < -0.4 is 0 Å². The van der Waals surface area contributed by atoms with Gasteiger partial charge >= 0.3 is 0 Å². The molecule has 0 aromatic carbocycles. The largest absolute Gasteiger partial charge is 0.469 e. The molecule has 0 N–H and O–H groups in total. The van der Waals surface area contributed by atoms with Crippen molar-refractivity contribution in [3.63, 3.8) is 0 Å². The SMILES string of the molecule is CSC(=S)O[C@H]1[C@H]([C@@H]2COC(C)(C)O2)O[C@H]2OC(C)(C)O[C@@H]21. The first-order chi connectivity index (χ1) is 10.2. The van der Waals surface area contributed by atoms with Gasteiger partial charge in [0, 0.05) is 0 Å². The normalized spacial score (nSPS) is 42.3. The summed E-state index contributed by atoms with van der Waals surface area (Å²) in [7, 11) is 0. The maximum atomic E-state index is 6.01. The van der Waals surface area contributed by atoms with Crippen LogP contribution in [0.5, 0.6) is 0 Å². The summed E-state index contributed by atoms with van der Waals surface area (Å²) in [5.74, 6) is -1.33. The molecule has 0 radical (unpaired) electrons. The molecule has 5 atom stereocenters. The number of ether oxygens (including phenoxy) is 6. The van der Waals surface area contributed by atoms with Crippen LogP contribution in [-0.4, -0.2) is 59.5 Å². The maximum absolute atomic E-state index is 6.01. The molecule has 0 aromatic heterocycles. The van der Waals surface area contributed by atoms with Crippen LogP contribution in [0.1, 0.15) is 27.7 Å². The van der Waals surface area contributed by atoms with Gasteiger partial charge in [-0.2, -0.15) is 0 Å². The molecule has 3 rings (SSSR count). The Labute approximate surface area is 140 Å². The number of rotatable bonds is 2. The predicted octanol–water partition coefficient (Wildman–Crippen LogP) is 2.05. The van der Waals surface area contributed by atoms with Crippen LogP contribution in [0.2, 0.25) is 0 Å². The fraction of sp³-hybridized carbons (Fsp3) is 0.929. The maximum Gasteiger partial charge on any atom is 0.220 e. The molecule has 8 heteroatoms. The van der Waals surface area contributed by atoms with Gasteiger partial charge in [0.25, 0.3) is 0 Å². The van der Waals surface area contributed by atoms with Gasteiger partial charge in [-0.3, -0.25) is 0 Å². The molecule has 3 saturated heterocycles. The Hall–Kier alpha value is 0.0400. The summed E-state index contributed by atoms with van der Waals surface area (Å²) in [6.45, 7) is 7.90. The highest BCUT2D eigenvalue weighted by Gasteiger charge is 2.59. The first-order valence-corrected chi connectivity index (χ1v) is 8.91. The Morgan fingerprint density at radius 3 is 2.41 bits per heavy atom. The molecule has 3 heterocycles. The Balaban J connectivity index is 1.76. The van der Waals surface area contributed by atoms with Crippen molar-refractivity contribution in [1.29, 1.82) is 0 Å². The zero-order valence-corrected chi connectivity index (χ0v) is 15.0. The number of thiocarbonyl (C=S) groups is 1. The van der Waals surface area contributed by atoms with Crippen LogP contribution in [0, 0.1) is 0 Å². The van der Waals surface area contributed by atoms with Crippen LogP contribution in [0.15, 0.2) is 0 Å². The molecular weight excluding hydrogens is 328 g/mol. The zero-order valence-electron chi connectivity index (χ0n) is 13.4. The topological polar surface area (TPSA) is 55.4 Å². The summed E-state index contributed by atoms with van der Waals surface area (Å²) in [6, 6.07) is 0. The molecule has 6 nitrogen and oxygen atoms in total. The van der Waals surface area contributed by atoms with Crippen LogP contribution in [-0.2, 0) is 28.4 Å². The molecule has 3 aliphatic rings. The summed E-state index contributed by atoms with van der Waals surface area (Å²) < 4.78 is 35.6. The zero-order chi connectivity index (χ0) is 16.1. The molecule has 0 bridgehead atoms. The molecular formula is C14H22O6S2. The van der Waals surface area contributed by atoms with Crippen LogP contribution in [0.3, 0.4) is 0 Å². The average Bonchev–Trinajstić information content (AvgIpc) is 3.01. The van der Waals surface area contributed by atoms with Gasteiger partial charge in [0.05, 0.1) is 6.61 Å². The molecule has 0 saturated carbocycles. The average molecular weight is 350 g/mol. The van der Waals surface area contributed by atoms with Crippen molar-refractivity contribution in [2.24, 2.45) is 0 Å². The molecule has 0 unspecified atom stereocenters. The molecule has 0 spiro atoms. The van der Waals surface area contributed by atoms with Crippen molar-refractivity contribution in [3.8, 4) is 0 Å². The van der Waals surface area contributed by atoms with Gasteiger partial charge in [0.15, 0.2) is 30.1 Å². The first-order valence-electron chi connectivity index (χ1n) is 7.28. The van der Waals surface area contributed by atoms with E-state index in [1.54, 1.807) is 0 Å². The van der Waals surface area contributed by atoms with Gasteiger partial charge in [0.2, 0.25) is 4.38 Å². The van der Waals surface area contributed by atoms with E-state index in [4.69, 9.17) is 40.6 Å². The lowest BCUT2D eigenvalue weighted by Crippen LogP contribution is -2.44. The van der Waals surface area contributed by atoms with E-state index in [1.165, 1.54) is 11.8 Å². The van der Waals surface area contributed by atoms with Gasteiger partial charge < -0.3 is 28.4 Å². The molecule has 0 amide bonds. The fourth-order valence-electron chi connectivity index (χ4n) is 2.97. The smallest absolute Gasteiger partial charge is 0.220 e. The molecule has 126 valence electrons. The van der Waals surface area contributed by atoms with E-state index in [-0.39, 0.29) is 24.4 Å². The minimum Gasteiger partial charge on any atom is -0.469 e. The summed E-state index contributed by atoms with van der Waals surface area (Å²) >= 11 is 6.57. The first kappa shape index (κ1) is 16.9. The lowest BCUT2D eigenvalue weighted by atomic mass is 10.1. The van der Waals surface area contributed by atoms with Gasteiger partial charge in [-0.05, 0) is 46.2 Å². The second-order valence-electron chi connectivity index (χ2n) is 6.47. The van der Waals surface area contributed by atoms with E-state index in [2.05, 4.69) is 0 Å². The minimum absolute atomic E-state index is 0.245. The Morgan fingerprint density at radius 2 is 1.82 bits per heavy atom. The highest BCUT2D eigenvalue weighted by Crippen LogP contribution is 2.42. The van der Waals surface area contributed by atoms with E-state index in [0.29, 0.717) is 11.0 Å². The van der Waals surface area contributed by atoms with Crippen molar-refractivity contribution in [2.45, 2.75) is 70.0 Å². The van der Waals surface area contributed by atoms with E-state index in [9.17, 15) is 0 Å². The van der Waals surface area contributed by atoms with Crippen LogP contribution in [0.25, 0.3) is 0 Å². The van der Waals surface area contributed by atoms with Crippen molar-refractivity contribution in [1.82, 2.24) is 0 Å². The van der Waals surface area contributed by atoms with Gasteiger partial charge in [-0.15, -0.1) is 0 Å². The van der Waals surface area contributed by atoms with Crippen molar-refractivity contribution < 1.29 is 28.4 Å². The van der Waals surface area contributed by atoms with Gasteiger partial charge in [-0.1, -0.05) is 11.8 Å². The summed E-state index contributed by atoms with van der Waals surface area (Å²) in [6.07, 6.45) is 0.0796. The monoisotopic (exact) mass is 350 g/mol. The van der Waals surface area contributed by atoms with Crippen molar-refractivity contribution >= 4 is 28.4 Å². The molecule has 3 fully saturated rings. The Kier molecular flexibility index (Phi) is 4.48. The van der Waals surface area contributed by atoms with E-state index >= 15 is 0 Å². The second kappa shape index (κ2) is 5.84. The molecule has 3 aliphatic heterocycles. The van der Waals surface area contributed by atoms with Gasteiger partial charge in [0.1, 0.15) is 12.2 Å². The molecule has 0 aliphatic carbocycles. The highest BCUT2D eigenvalue weighted by molar-refractivity contribution is 8.22. The quantitative estimate of drug-likeness (QED) is 0.702. The second-order valence-corrected chi connectivity index (χ2v) is 7.88. The number of hydrogen-bond donors (Lipinski definition) is 0. The third kappa shape index (κ3) is 3.28. The lowest BCUT2D eigenvalue weighted by Gasteiger charge is -2.29. The van der Waals surface area contributed by atoms with Crippen molar-refractivity contribution in [3.05, 3.63) is 0 Å². The van der Waals surface area contributed by atoms with Crippen LogP contribution >= 0.6 is 24.0 Å². The Morgan fingerprint density at radius 1 is 1.09 bits per heavy atom. The standard InChI is InChI=1S/C14H22O6S2/c1-13(2)15-6-7(18-13)8-9(17-12(21)22-5)10-11(16-8)20-14(3,4)19-10/h7-11H,6H2,1-5H3/t7-,8-,9-,10+,11-/m0/s1. The summed E-state index contributed by atoms with van der Waals surface area (Å²) in [4.78, 5) is 0. The molecule has 0 aromatic rings. The van der Waals surface area contributed by atoms with Crippen LogP contribution in [0.4, 0.5) is 0 Å². The minimum atomic E-state index is -0.699. The van der Waals surface area contributed by atoms with E-state index < -0.39 is 17.9 Å². The predicted molar refractivity (Wildman–Crippen MR) is 84.6 cm³/mol. The lowest BCUT2D eigenvalue weighted by molar-refractivity contribution is -0.230. The fourth-order valence-corrected chi connectivity index (χ4v) is 3.29. The number of fused-ring (bicyclic) bond motifs is 1. The van der Waals surface area contributed by atoms with E-state index in [1.807, 2.05) is 34.0 Å². The third-order valence-electron chi connectivity index (χ3n) is 3.82.